The molecule has 0 bridgehead atoms. The molecule has 0 aliphatic carbocycles. The lowest BCUT2D eigenvalue weighted by Gasteiger charge is -2.13. The van der Waals surface area contributed by atoms with E-state index in [-0.39, 0.29) is 12.2 Å². The molecule has 1 atom stereocenters. The van der Waals surface area contributed by atoms with Crippen LogP contribution in [0.25, 0.3) is 0 Å². The van der Waals surface area contributed by atoms with Crippen LogP contribution in [-0.4, -0.2) is 5.11 Å². The van der Waals surface area contributed by atoms with Gasteiger partial charge in [-0.1, -0.05) is 45.7 Å². The van der Waals surface area contributed by atoms with Crippen LogP contribution in [0.2, 0.25) is 5.02 Å². The van der Waals surface area contributed by atoms with Crippen molar-refractivity contribution < 1.29 is 9.50 Å². The molecule has 1 N–H and O–H groups in total. The van der Waals surface area contributed by atoms with Crippen LogP contribution < -0.4 is 0 Å². The molecule has 94 valence electrons. The molecule has 0 saturated heterocycles. The molecule has 0 fully saturated rings. The Labute approximate surface area is 118 Å². The van der Waals surface area contributed by atoms with Gasteiger partial charge < -0.3 is 5.11 Å². The zero-order valence-electron chi connectivity index (χ0n) is 9.41. The van der Waals surface area contributed by atoms with E-state index in [2.05, 4.69) is 15.9 Å². The summed E-state index contributed by atoms with van der Waals surface area (Å²) in [6.45, 7) is 0. The number of aliphatic hydroxyl groups is 1. The van der Waals surface area contributed by atoms with Gasteiger partial charge in [-0.15, -0.1) is 0 Å². The fourth-order valence-electron chi connectivity index (χ4n) is 1.76. The first-order valence-corrected chi connectivity index (χ1v) is 6.61. The van der Waals surface area contributed by atoms with E-state index in [1.165, 1.54) is 18.2 Å². The lowest BCUT2D eigenvalue weighted by atomic mass is 10.0. The molecule has 0 aliphatic heterocycles. The summed E-state index contributed by atoms with van der Waals surface area (Å²) in [4.78, 5) is 0. The fraction of sp³-hybridized carbons (Fsp3) is 0.143. The third kappa shape index (κ3) is 3.10. The van der Waals surface area contributed by atoms with Gasteiger partial charge in [0.1, 0.15) is 5.82 Å². The summed E-state index contributed by atoms with van der Waals surface area (Å²) in [7, 11) is 0. The Morgan fingerprint density at radius 3 is 2.67 bits per heavy atom. The van der Waals surface area contributed by atoms with Gasteiger partial charge in [-0.05, 0) is 35.4 Å². The van der Waals surface area contributed by atoms with Gasteiger partial charge >= 0.3 is 0 Å². The SMILES string of the molecule is OC(Cc1cc(Cl)ccc1F)c1ccccc1Br. The summed E-state index contributed by atoms with van der Waals surface area (Å²) in [5.41, 5.74) is 1.14. The van der Waals surface area contributed by atoms with Gasteiger partial charge in [0.15, 0.2) is 0 Å². The number of hydrogen-bond donors (Lipinski definition) is 1. The van der Waals surface area contributed by atoms with Crippen molar-refractivity contribution in [1.29, 1.82) is 0 Å². The van der Waals surface area contributed by atoms with Crippen LogP contribution in [0.1, 0.15) is 17.2 Å². The Kier molecular flexibility index (Phi) is 4.38. The highest BCUT2D eigenvalue weighted by Gasteiger charge is 2.14. The van der Waals surface area contributed by atoms with Crippen LogP contribution in [0.3, 0.4) is 0 Å². The van der Waals surface area contributed by atoms with E-state index >= 15 is 0 Å². The highest BCUT2D eigenvalue weighted by molar-refractivity contribution is 9.10. The van der Waals surface area contributed by atoms with Gasteiger partial charge in [-0.2, -0.15) is 0 Å². The smallest absolute Gasteiger partial charge is 0.126 e. The summed E-state index contributed by atoms with van der Waals surface area (Å²) >= 11 is 9.18. The van der Waals surface area contributed by atoms with E-state index in [4.69, 9.17) is 11.6 Å². The Balaban J connectivity index is 2.24. The van der Waals surface area contributed by atoms with Crippen molar-refractivity contribution in [1.82, 2.24) is 0 Å². The molecule has 0 aliphatic rings. The highest BCUT2D eigenvalue weighted by Crippen LogP contribution is 2.27. The van der Waals surface area contributed by atoms with Gasteiger partial charge in [0.05, 0.1) is 6.10 Å². The number of rotatable bonds is 3. The lowest BCUT2D eigenvalue weighted by Crippen LogP contribution is -2.04. The van der Waals surface area contributed by atoms with Crippen LogP contribution in [0.15, 0.2) is 46.9 Å². The van der Waals surface area contributed by atoms with Crippen LogP contribution >= 0.6 is 27.5 Å². The fourth-order valence-corrected chi connectivity index (χ4v) is 2.51. The quantitative estimate of drug-likeness (QED) is 0.878. The van der Waals surface area contributed by atoms with Crippen molar-refractivity contribution in [3.63, 3.8) is 0 Å². The molecular weight excluding hydrogens is 319 g/mol. The summed E-state index contributed by atoms with van der Waals surface area (Å²) in [6, 6.07) is 11.7. The van der Waals surface area contributed by atoms with Crippen molar-refractivity contribution >= 4 is 27.5 Å². The third-order valence-electron chi connectivity index (χ3n) is 2.69. The third-order valence-corrected chi connectivity index (χ3v) is 3.64. The second-order valence-electron chi connectivity index (χ2n) is 3.98. The van der Waals surface area contributed by atoms with Gasteiger partial charge in [-0.3, -0.25) is 0 Å². The van der Waals surface area contributed by atoms with Crippen molar-refractivity contribution in [3.05, 3.63) is 68.9 Å². The first kappa shape index (κ1) is 13.5. The van der Waals surface area contributed by atoms with Crippen LogP contribution in [-0.2, 0) is 6.42 Å². The minimum Gasteiger partial charge on any atom is -0.388 e. The molecule has 2 aromatic rings. The monoisotopic (exact) mass is 328 g/mol. The molecule has 1 nitrogen and oxygen atoms in total. The van der Waals surface area contributed by atoms with E-state index in [1.54, 1.807) is 6.07 Å². The van der Waals surface area contributed by atoms with Crippen molar-refractivity contribution in [2.24, 2.45) is 0 Å². The van der Waals surface area contributed by atoms with Crippen molar-refractivity contribution in [3.8, 4) is 0 Å². The second kappa shape index (κ2) is 5.83. The van der Waals surface area contributed by atoms with Gasteiger partial charge in [0.25, 0.3) is 0 Å². The molecule has 2 aromatic carbocycles. The maximum atomic E-state index is 13.6. The van der Waals surface area contributed by atoms with E-state index in [0.29, 0.717) is 10.6 Å². The first-order chi connectivity index (χ1) is 8.58. The Bertz CT molecular complexity index is 559. The Hall–Kier alpha value is -0.900. The van der Waals surface area contributed by atoms with Gasteiger partial charge in [0, 0.05) is 15.9 Å². The topological polar surface area (TPSA) is 20.2 Å². The zero-order chi connectivity index (χ0) is 13.1. The molecule has 0 aromatic heterocycles. The van der Waals surface area contributed by atoms with E-state index in [0.717, 1.165) is 10.0 Å². The molecule has 1 unspecified atom stereocenters. The number of aliphatic hydroxyl groups excluding tert-OH is 1. The minimum absolute atomic E-state index is 0.189. The number of benzene rings is 2. The second-order valence-corrected chi connectivity index (χ2v) is 5.27. The zero-order valence-corrected chi connectivity index (χ0v) is 11.7. The van der Waals surface area contributed by atoms with E-state index in [1.807, 2.05) is 18.2 Å². The number of halogens is 3. The maximum absolute atomic E-state index is 13.6. The van der Waals surface area contributed by atoms with Crippen LogP contribution in [0.5, 0.6) is 0 Å². The predicted octanol–water partition coefficient (Wildman–Crippen LogP) is 4.52. The predicted molar refractivity (Wildman–Crippen MR) is 74.2 cm³/mol. The average Bonchev–Trinajstić information content (AvgIpc) is 2.34. The average molecular weight is 330 g/mol. The summed E-state index contributed by atoms with van der Waals surface area (Å²) < 4.78 is 14.4. The highest BCUT2D eigenvalue weighted by atomic mass is 79.9. The molecule has 0 radical (unpaired) electrons. The first-order valence-electron chi connectivity index (χ1n) is 5.44. The summed E-state index contributed by atoms with van der Waals surface area (Å²) in [5, 5.41) is 10.6. The Morgan fingerprint density at radius 1 is 1.22 bits per heavy atom. The molecule has 0 saturated carbocycles. The molecular formula is C14H11BrClFO. The van der Waals surface area contributed by atoms with E-state index in [9.17, 15) is 9.50 Å². The summed E-state index contributed by atoms with van der Waals surface area (Å²) in [5.74, 6) is -0.356. The molecule has 18 heavy (non-hydrogen) atoms. The molecule has 0 spiro atoms. The maximum Gasteiger partial charge on any atom is 0.126 e. The van der Waals surface area contributed by atoms with Crippen LogP contribution in [0, 0.1) is 5.82 Å². The molecule has 4 heteroatoms. The lowest BCUT2D eigenvalue weighted by molar-refractivity contribution is 0.176. The van der Waals surface area contributed by atoms with Gasteiger partial charge in [-0.25, -0.2) is 4.39 Å². The standard InChI is InChI=1S/C14H11BrClFO/c15-12-4-2-1-3-11(12)14(18)8-9-7-10(16)5-6-13(9)17/h1-7,14,18H,8H2. The van der Waals surface area contributed by atoms with E-state index < -0.39 is 6.10 Å². The minimum atomic E-state index is -0.770. The molecule has 0 heterocycles. The van der Waals surface area contributed by atoms with Crippen molar-refractivity contribution in [2.45, 2.75) is 12.5 Å². The van der Waals surface area contributed by atoms with Crippen molar-refractivity contribution in [2.75, 3.05) is 0 Å². The Morgan fingerprint density at radius 2 is 1.94 bits per heavy atom. The normalized spacial score (nSPS) is 12.4. The largest absolute Gasteiger partial charge is 0.388 e. The molecule has 0 amide bonds. The molecule has 2 rings (SSSR count). The summed E-state index contributed by atoms with van der Waals surface area (Å²) in [6.07, 6.45) is -0.580. The number of hydrogen-bond acceptors (Lipinski definition) is 1. The van der Waals surface area contributed by atoms with Gasteiger partial charge in [0.2, 0.25) is 0 Å². The van der Waals surface area contributed by atoms with Crippen LogP contribution in [0.4, 0.5) is 4.39 Å².